The van der Waals surface area contributed by atoms with Crippen molar-refractivity contribution in [1.29, 1.82) is 0 Å². The molecule has 4 heteroatoms. The normalized spacial score (nSPS) is 14.7. The maximum absolute atomic E-state index is 11.0. The molecule has 1 rings (SSSR count). The highest BCUT2D eigenvalue weighted by atomic mass is 32.1. The summed E-state index contributed by atoms with van der Waals surface area (Å²) in [6.45, 7) is 6.07. The Kier molecular flexibility index (Phi) is 4.96. The van der Waals surface area contributed by atoms with Crippen molar-refractivity contribution >= 4 is 17.3 Å². The molecule has 0 amide bonds. The average Bonchev–Trinajstić information content (AvgIpc) is 2.64. The van der Waals surface area contributed by atoms with Gasteiger partial charge in [-0.15, -0.1) is 11.3 Å². The van der Waals surface area contributed by atoms with Crippen molar-refractivity contribution in [1.82, 2.24) is 5.32 Å². The summed E-state index contributed by atoms with van der Waals surface area (Å²) in [6.07, 6.45) is 1.55. The van der Waals surface area contributed by atoms with E-state index in [1.165, 1.54) is 9.75 Å². The Hall–Kier alpha value is -0.870. The Labute approximate surface area is 100 Å². The molecule has 0 spiro atoms. The van der Waals surface area contributed by atoms with Gasteiger partial charge in [-0.2, -0.15) is 0 Å². The van der Waals surface area contributed by atoms with E-state index in [1.54, 1.807) is 11.3 Å². The molecule has 2 N–H and O–H groups in total. The monoisotopic (exact) mass is 241 g/mol. The second kappa shape index (κ2) is 6.01. The third-order valence-corrected chi connectivity index (χ3v) is 3.70. The highest BCUT2D eigenvalue weighted by Gasteiger charge is 2.19. The summed E-state index contributed by atoms with van der Waals surface area (Å²) in [6, 6.07) is 3.78. The Morgan fingerprint density at radius 1 is 1.56 bits per heavy atom. The minimum absolute atomic E-state index is 0.103. The van der Waals surface area contributed by atoms with Crippen molar-refractivity contribution in [3.8, 4) is 0 Å². The van der Waals surface area contributed by atoms with Gasteiger partial charge < -0.3 is 5.11 Å². The fourth-order valence-electron chi connectivity index (χ4n) is 1.64. The number of rotatable bonds is 6. The van der Waals surface area contributed by atoms with Crippen LogP contribution in [0, 0.1) is 6.92 Å². The van der Waals surface area contributed by atoms with E-state index in [2.05, 4.69) is 24.4 Å². The Bertz CT molecular complexity index is 349. The molecule has 3 nitrogen and oxygen atoms in total. The van der Waals surface area contributed by atoms with Crippen LogP contribution in [-0.2, 0) is 4.79 Å². The number of hydrogen-bond donors (Lipinski definition) is 2. The van der Waals surface area contributed by atoms with E-state index in [9.17, 15) is 4.79 Å². The lowest BCUT2D eigenvalue weighted by molar-refractivity contribution is -0.139. The Morgan fingerprint density at radius 3 is 2.69 bits per heavy atom. The van der Waals surface area contributed by atoms with E-state index in [0.29, 0.717) is 6.42 Å². The molecule has 0 fully saturated rings. The zero-order valence-corrected chi connectivity index (χ0v) is 10.8. The van der Waals surface area contributed by atoms with Gasteiger partial charge in [0.1, 0.15) is 6.04 Å². The van der Waals surface area contributed by atoms with Crippen LogP contribution in [0.2, 0.25) is 0 Å². The molecule has 0 aliphatic heterocycles. The van der Waals surface area contributed by atoms with E-state index < -0.39 is 12.0 Å². The molecule has 0 saturated carbocycles. The molecular weight excluding hydrogens is 222 g/mol. The predicted octanol–water partition coefficient (Wildman–Crippen LogP) is 2.96. The summed E-state index contributed by atoms with van der Waals surface area (Å²) in [7, 11) is 0. The van der Waals surface area contributed by atoms with Crippen LogP contribution >= 0.6 is 11.3 Å². The SMILES string of the molecule is CCCC(NC(C)c1ccc(C)s1)C(=O)O. The van der Waals surface area contributed by atoms with Gasteiger partial charge in [-0.05, 0) is 32.4 Å². The van der Waals surface area contributed by atoms with Crippen molar-refractivity contribution in [3.05, 3.63) is 21.9 Å². The summed E-state index contributed by atoms with van der Waals surface area (Å²) in [5, 5.41) is 12.2. The smallest absolute Gasteiger partial charge is 0.320 e. The van der Waals surface area contributed by atoms with Crippen LogP contribution in [0.25, 0.3) is 0 Å². The van der Waals surface area contributed by atoms with Crippen molar-refractivity contribution in [2.45, 2.75) is 45.7 Å². The molecule has 0 aliphatic carbocycles. The Balaban J connectivity index is 2.61. The van der Waals surface area contributed by atoms with Crippen molar-refractivity contribution in [2.75, 3.05) is 0 Å². The summed E-state index contributed by atoms with van der Waals surface area (Å²) in [4.78, 5) is 13.5. The number of aliphatic carboxylic acids is 1. The molecule has 0 aliphatic rings. The fraction of sp³-hybridized carbons (Fsp3) is 0.583. The molecule has 0 bridgehead atoms. The van der Waals surface area contributed by atoms with Crippen LogP contribution in [0.4, 0.5) is 0 Å². The quantitative estimate of drug-likeness (QED) is 0.805. The third kappa shape index (κ3) is 3.61. The van der Waals surface area contributed by atoms with Gasteiger partial charge in [0.2, 0.25) is 0 Å². The highest BCUT2D eigenvalue weighted by Crippen LogP contribution is 2.23. The molecule has 0 radical (unpaired) electrons. The maximum atomic E-state index is 11.0. The third-order valence-electron chi connectivity index (χ3n) is 2.51. The number of nitrogens with one attached hydrogen (secondary N) is 1. The average molecular weight is 241 g/mol. The van der Waals surface area contributed by atoms with Gasteiger partial charge in [-0.3, -0.25) is 10.1 Å². The molecule has 1 aromatic heterocycles. The summed E-state index contributed by atoms with van der Waals surface area (Å²) in [5.74, 6) is -0.762. The van der Waals surface area contributed by atoms with Gasteiger partial charge in [-0.25, -0.2) is 0 Å². The minimum Gasteiger partial charge on any atom is -0.480 e. The molecule has 90 valence electrons. The van der Waals surface area contributed by atoms with Crippen LogP contribution in [0.3, 0.4) is 0 Å². The summed E-state index contributed by atoms with van der Waals surface area (Å²) < 4.78 is 0. The molecule has 1 heterocycles. The van der Waals surface area contributed by atoms with Crippen molar-refractivity contribution < 1.29 is 9.90 Å². The first-order chi connectivity index (χ1) is 7.54. The lowest BCUT2D eigenvalue weighted by Crippen LogP contribution is -2.37. The molecule has 1 aromatic rings. The van der Waals surface area contributed by atoms with Gasteiger partial charge >= 0.3 is 5.97 Å². The standard InChI is InChI=1S/C12H19NO2S/c1-4-5-10(12(14)15)13-9(3)11-7-6-8(2)16-11/h6-7,9-10,13H,4-5H2,1-3H3,(H,14,15). The largest absolute Gasteiger partial charge is 0.480 e. The van der Waals surface area contributed by atoms with Crippen LogP contribution in [0.5, 0.6) is 0 Å². The second-order valence-corrected chi connectivity index (χ2v) is 5.34. The van der Waals surface area contributed by atoms with Crippen LogP contribution in [0.1, 0.15) is 42.5 Å². The number of carboxylic acid groups (broad SMARTS) is 1. The zero-order valence-electron chi connectivity index (χ0n) is 9.99. The maximum Gasteiger partial charge on any atom is 0.320 e. The van der Waals surface area contributed by atoms with E-state index in [4.69, 9.17) is 5.11 Å². The first kappa shape index (κ1) is 13.2. The molecular formula is C12H19NO2S. The number of carbonyl (C=O) groups is 1. The van der Waals surface area contributed by atoms with Crippen LogP contribution in [-0.4, -0.2) is 17.1 Å². The molecule has 2 atom stereocenters. The van der Waals surface area contributed by atoms with E-state index in [0.717, 1.165) is 6.42 Å². The molecule has 2 unspecified atom stereocenters. The first-order valence-electron chi connectivity index (χ1n) is 5.59. The van der Waals surface area contributed by atoms with Gasteiger partial charge in [0, 0.05) is 15.8 Å². The minimum atomic E-state index is -0.762. The van der Waals surface area contributed by atoms with E-state index in [1.807, 2.05) is 13.8 Å². The predicted molar refractivity (Wildman–Crippen MR) is 66.9 cm³/mol. The van der Waals surface area contributed by atoms with Crippen LogP contribution < -0.4 is 5.32 Å². The van der Waals surface area contributed by atoms with E-state index in [-0.39, 0.29) is 6.04 Å². The lowest BCUT2D eigenvalue weighted by Gasteiger charge is -2.18. The van der Waals surface area contributed by atoms with Crippen molar-refractivity contribution in [3.63, 3.8) is 0 Å². The number of aryl methyl sites for hydroxylation is 1. The Morgan fingerprint density at radius 2 is 2.25 bits per heavy atom. The van der Waals surface area contributed by atoms with Gasteiger partial charge in [0.25, 0.3) is 0 Å². The second-order valence-electron chi connectivity index (χ2n) is 4.02. The lowest BCUT2D eigenvalue weighted by atomic mass is 10.1. The topological polar surface area (TPSA) is 49.3 Å². The first-order valence-corrected chi connectivity index (χ1v) is 6.41. The van der Waals surface area contributed by atoms with E-state index >= 15 is 0 Å². The number of thiophene rings is 1. The van der Waals surface area contributed by atoms with Gasteiger partial charge in [0.15, 0.2) is 0 Å². The highest BCUT2D eigenvalue weighted by molar-refractivity contribution is 7.12. The molecule has 0 aromatic carbocycles. The van der Waals surface area contributed by atoms with Gasteiger partial charge in [-0.1, -0.05) is 13.3 Å². The van der Waals surface area contributed by atoms with Crippen LogP contribution in [0.15, 0.2) is 12.1 Å². The van der Waals surface area contributed by atoms with Gasteiger partial charge in [0.05, 0.1) is 0 Å². The summed E-state index contributed by atoms with van der Waals surface area (Å²) >= 11 is 1.71. The van der Waals surface area contributed by atoms with Crippen molar-refractivity contribution in [2.24, 2.45) is 0 Å². The molecule has 0 saturated heterocycles. The fourth-order valence-corrected chi connectivity index (χ4v) is 2.53. The number of hydrogen-bond acceptors (Lipinski definition) is 3. The zero-order chi connectivity index (χ0) is 12.1. The molecule has 16 heavy (non-hydrogen) atoms. The summed E-state index contributed by atoms with van der Waals surface area (Å²) in [5.41, 5.74) is 0. The number of carboxylic acids is 1.